The highest BCUT2D eigenvalue weighted by molar-refractivity contribution is 5.05. The molecule has 0 aliphatic carbocycles. The summed E-state index contributed by atoms with van der Waals surface area (Å²) in [7, 11) is 0. The Labute approximate surface area is 87.0 Å². The van der Waals surface area contributed by atoms with Crippen LogP contribution >= 0.6 is 0 Å². The molecule has 5 N–H and O–H groups in total. The van der Waals surface area contributed by atoms with Crippen LogP contribution in [-0.2, 0) is 4.74 Å². The lowest BCUT2D eigenvalue weighted by Crippen LogP contribution is -2.39. The lowest BCUT2D eigenvalue weighted by atomic mass is 10.0. The largest absolute Gasteiger partial charge is 0.510 e. The van der Waals surface area contributed by atoms with Crippen LogP contribution in [0.5, 0.6) is 0 Å². The molecule has 1 aliphatic heterocycles. The quantitative estimate of drug-likeness (QED) is 0.376. The molecule has 6 heteroatoms. The number of aliphatic hydroxyl groups excluding tert-OH is 5. The minimum atomic E-state index is -1.55. The highest BCUT2D eigenvalue weighted by Gasteiger charge is 2.46. The van der Waals surface area contributed by atoms with Gasteiger partial charge in [0.05, 0.1) is 0 Å². The SMILES string of the molecule is CCC=C(O)C(O)[C@H]1O[C@H](O)[C@H](O)[C@H]1O. The second-order valence-corrected chi connectivity index (χ2v) is 3.45. The van der Waals surface area contributed by atoms with Crippen LogP contribution in [0.25, 0.3) is 0 Å². The minimum absolute atomic E-state index is 0.345. The van der Waals surface area contributed by atoms with Gasteiger partial charge in [0.25, 0.3) is 0 Å². The molecule has 1 unspecified atom stereocenters. The monoisotopic (exact) mass is 220 g/mol. The van der Waals surface area contributed by atoms with Gasteiger partial charge in [-0.15, -0.1) is 0 Å². The molecule has 1 saturated heterocycles. The molecule has 0 aromatic carbocycles. The lowest BCUT2D eigenvalue weighted by molar-refractivity contribution is -0.144. The first-order chi connectivity index (χ1) is 6.99. The Morgan fingerprint density at radius 1 is 1.33 bits per heavy atom. The highest BCUT2D eigenvalue weighted by atomic mass is 16.6. The Balaban J connectivity index is 2.69. The van der Waals surface area contributed by atoms with Gasteiger partial charge < -0.3 is 30.3 Å². The number of rotatable bonds is 3. The van der Waals surface area contributed by atoms with E-state index < -0.39 is 30.7 Å². The predicted molar refractivity (Wildman–Crippen MR) is 49.9 cm³/mol. The van der Waals surface area contributed by atoms with Gasteiger partial charge in [-0.1, -0.05) is 6.92 Å². The fourth-order valence-corrected chi connectivity index (χ4v) is 1.44. The Hall–Kier alpha value is -0.660. The Kier molecular flexibility index (Phi) is 4.06. The standard InChI is InChI=1S/C9H16O6/c1-2-3-4(10)5(11)8-6(12)7(13)9(14)15-8/h3,5-14H,2H2,1H3/t5?,6-,7-,8-,9+/m1/s1. The molecule has 1 heterocycles. The van der Waals surface area contributed by atoms with E-state index in [-0.39, 0.29) is 5.76 Å². The maximum absolute atomic E-state index is 9.53. The van der Waals surface area contributed by atoms with Crippen molar-refractivity contribution in [3.8, 4) is 0 Å². The molecule has 0 aromatic heterocycles. The summed E-state index contributed by atoms with van der Waals surface area (Å²) >= 11 is 0. The van der Waals surface area contributed by atoms with Gasteiger partial charge in [0.1, 0.15) is 30.2 Å². The van der Waals surface area contributed by atoms with Crippen molar-refractivity contribution < 1.29 is 30.3 Å². The van der Waals surface area contributed by atoms with Gasteiger partial charge >= 0.3 is 0 Å². The van der Waals surface area contributed by atoms with Gasteiger partial charge in [0.2, 0.25) is 0 Å². The normalized spacial score (nSPS) is 39.4. The summed E-state index contributed by atoms with van der Waals surface area (Å²) in [5, 5.41) is 46.5. The van der Waals surface area contributed by atoms with Crippen molar-refractivity contribution in [3.63, 3.8) is 0 Å². The van der Waals surface area contributed by atoms with Crippen LogP contribution in [0, 0.1) is 0 Å². The first-order valence-electron chi connectivity index (χ1n) is 4.75. The molecule has 0 radical (unpaired) electrons. The van der Waals surface area contributed by atoms with Crippen LogP contribution < -0.4 is 0 Å². The maximum Gasteiger partial charge on any atom is 0.184 e. The van der Waals surface area contributed by atoms with Crippen molar-refractivity contribution in [1.82, 2.24) is 0 Å². The first-order valence-corrected chi connectivity index (χ1v) is 4.75. The van der Waals surface area contributed by atoms with Crippen molar-refractivity contribution in [2.24, 2.45) is 0 Å². The average molecular weight is 220 g/mol. The second-order valence-electron chi connectivity index (χ2n) is 3.45. The van der Waals surface area contributed by atoms with Gasteiger partial charge in [0, 0.05) is 0 Å². The van der Waals surface area contributed by atoms with Crippen LogP contribution in [0.2, 0.25) is 0 Å². The highest BCUT2D eigenvalue weighted by Crippen LogP contribution is 2.24. The van der Waals surface area contributed by atoms with Crippen molar-refractivity contribution >= 4 is 0 Å². The van der Waals surface area contributed by atoms with E-state index in [0.29, 0.717) is 6.42 Å². The maximum atomic E-state index is 9.53. The van der Waals surface area contributed by atoms with E-state index in [1.165, 1.54) is 6.08 Å². The molecule has 6 nitrogen and oxygen atoms in total. The zero-order valence-corrected chi connectivity index (χ0v) is 8.32. The molecular weight excluding hydrogens is 204 g/mol. The summed E-state index contributed by atoms with van der Waals surface area (Å²) in [5.74, 6) is -0.345. The van der Waals surface area contributed by atoms with Crippen LogP contribution in [0.4, 0.5) is 0 Å². The minimum Gasteiger partial charge on any atom is -0.510 e. The summed E-state index contributed by atoms with van der Waals surface area (Å²) in [6.45, 7) is 1.76. The first kappa shape index (κ1) is 12.4. The fourth-order valence-electron chi connectivity index (χ4n) is 1.44. The van der Waals surface area contributed by atoms with Crippen LogP contribution in [-0.4, -0.2) is 56.2 Å². The van der Waals surface area contributed by atoms with E-state index in [4.69, 9.17) is 14.9 Å². The Morgan fingerprint density at radius 3 is 2.33 bits per heavy atom. The zero-order chi connectivity index (χ0) is 11.6. The molecule has 5 atom stereocenters. The van der Waals surface area contributed by atoms with E-state index in [2.05, 4.69) is 0 Å². The number of aliphatic hydroxyl groups is 5. The summed E-state index contributed by atoms with van der Waals surface area (Å²) in [5.41, 5.74) is 0. The smallest absolute Gasteiger partial charge is 0.184 e. The van der Waals surface area contributed by atoms with Gasteiger partial charge in [-0.05, 0) is 12.5 Å². The number of ether oxygens (including phenoxy) is 1. The van der Waals surface area contributed by atoms with E-state index in [1.54, 1.807) is 6.92 Å². The van der Waals surface area contributed by atoms with Gasteiger partial charge in [-0.2, -0.15) is 0 Å². The van der Waals surface area contributed by atoms with Crippen LogP contribution in [0.15, 0.2) is 11.8 Å². The van der Waals surface area contributed by atoms with Gasteiger partial charge in [-0.3, -0.25) is 0 Å². The Bertz CT molecular complexity index is 241. The molecule has 1 aliphatic rings. The van der Waals surface area contributed by atoms with E-state index in [9.17, 15) is 15.3 Å². The molecule has 1 fully saturated rings. The van der Waals surface area contributed by atoms with Gasteiger partial charge in [0.15, 0.2) is 6.29 Å². The third kappa shape index (κ3) is 2.47. The van der Waals surface area contributed by atoms with E-state index in [1.807, 2.05) is 0 Å². The third-order valence-electron chi connectivity index (χ3n) is 2.30. The molecule has 0 saturated carbocycles. The third-order valence-corrected chi connectivity index (χ3v) is 2.30. The van der Waals surface area contributed by atoms with Crippen molar-refractivity contribution in [2.45, 2.75) is 44.1 Å². The van der Waals surface area contributed by atoms with Crippen LogP contribution in [0.3, 0.4) is 0 Å². The number of hydrogen-bond acceptors (Lipinski definition) is 6. The van der Waals surface area contributed by atoms with Crippen molar-refractivity contribution in [1.29, 1.82) is 0 Å². The van der Waals surface area contributed by atoms with Crippen molar-refractivity contribution in [3.05, 3.63) is 11.8 Å². The molecule has 0 amide bonds. The molecule has 15 heavy (non-hydrogen) atoms. The Morgan fingerprint density at radius 2 is 1.93 bits per heavy atom. The van der Waals surface area contributed by atoms with E-state index in [0.717, 1.165) is 0 Å². The number of allylic oxidation sites excluding steroid dienone is 1. The predicted octanol–water partition coefficient (Wildman–Crippen LogP) is -1.36. The molecule has 0 aromatic rings. The molecule has 88 valence electrons. The topological polar surface area (TPSA) is 110 Å². The van der Waals surface area contributed by atoms with E-state index >= 15 is 0 Å². The molecular formula is C9H16O6. The summed E-state index contributed by atoms with van der Waals surface area (Å²) in [6.07, 6.45) is -5.26. The average Bonchev–Trinajstić information content (AvgIpc) is 2.45. The van der Waals surface area contributed by atoms with Crippen LogP contribution in [0.1, 0.15) is 13.3 Å². The zero-order valence-electron chi connectivity index (χ0n) is 8.32. The molecule has 1 rings (SSSR count). The van der Waals surface area contributed by atoms with Gasteiger partial charge in [-0.25, -0.2) is 0 Å². The number of hydrogen-bond donors (Lipinski definition) is 5. The summed E-state index contributed by atoms with van der Waals surface area (Å²) < 4.78 is 4.72. The fraction of sp³-hybridized carbons (Fsp3) is 0.778. The molecule has 0 bridgehead atoms. The second kappa shape index (κ2) is 4.91. The summed E-state index contributed by atoms with van der Waals surface area (Å²) in [6, 6.07) is 0. The summed E-state index contributed by atoms with van der Waals surface area (Å²) in [4.78, 5) is 0. The molecule has 0 spiro atoms. The lowest BCUT2D eigenvalue weighted by Gasteiger charge is -2.20. The van der Waals surface area contributed by atoms with Crippen molar-refractivity contribution in [2.75, 3.05) is 0 Å².